The molecule has 1 saturated heterocycles. The van der Waals surface area contributed by atoms with E-state index >= 15 is 0 Å². The number of benzene rings is 1. The van der Waals surface area contributed by atoms with E-state index in [-0.39, 0.29) is 0 Å². The molecule has 17 heavy (non-hydrogen) atoms. The number of fused-ring (bicyclic) bond motifs is 1. The molecule has 1 aliphatic rings. The van der Waals surface area contributed by atoms with E-state index in [4.69, 9.17) is 0 Å². The summed E-state index contributed by atoms with van der Waals surface area (Å²) >= 11 is 0. The van der Waals surface area contributed by atoms with Gasteiger partial charge >= 0.3 is 0 Å². The molecule has 1 aromatic carbocycles. The minimum absolute atomic E-state index is 0.512. The molecule has 0 saturated carbocycles. The van der Waals surface area contributed by atoms with Crippen LogP contribution in [0.2, 0.25) is 0 Å². The zero-order valence-corrected chi connectivity index (χ0v) is 10.5. The summed E-state index contributed by atoms with van der Waals surface area (Å²) in [6.07, 6.45) is 4.62. The number of nitrogens with zero attached hydrogens (tertiary/aromatic N) is 2. The lowest BCUT2D eigenvalue weighted by molar-refractivity contribution is 0.333. The summed E-state index contributed by atoms with van der Waals surface area (Å²) in [4.78, 5) is 0. The van der Waals surface area contributed by atoms with Crippen LogP contribution in [0.3, 0.4) is 0 Å². The molecule has 0 aliphatic carbocycles. The molecule has 3 nitrogen and oxygen atoms in total. The van der Waals surface area contributed by atoms with Gasteiger partial charge in [0.2, 0.25) is 0 Å². The third-order valence-corrected chi connectivity index (χ3v) is 3.71. The molecule has 1 N–H and O–H groups in total. The van der Waals surface area contributed by atoms with Crippen molar-refractivity contribution in [1.82, 2.24) is 15.1 Å². The molecule has 0 amide bonds. The highest BCUT2D eigenvalue weighted by Crippen LogP contribution is 2.27. The van der Waals surface area contributed by atoms with E-state index in [9.17, 15) is 0 Å². The number of hydrogen-bond acceptors (Lipinski definition) is 2. The van der Waals surface area contributed by atoms with Crippen molar-refractivity contribution in [2.45, 2.75) is 25.8 Å². The molecule has 2 aromatic rings. The van der Waals surface area contributed by atoms with Crippen LogP contribution in [-0.4, -0.2) is 16.3 Å². The van der Waals surface area contributed by atoms with Crippen molar-refractivity contribution in [2.75, 3.05) is 6.54 Å². The quantitative estimate of drug-likeness (QED) is 0.814. The van der Waals surface area contributed by atoms with Crippen molar-refractivity contribution >= 4 is 10.9 Å². The molecule has 2 heterocycles. The summed E-state index contributed by atoms with van der Waals surface area (Å²) in [5.41, 5.74) is 2.48. The molecule has 0 spiro atoms. The van der Waals surface area contributed by atoms with Gasteiger partial charge in [0.25, 0.3) is 0 Å². The van der Waals surface area contributed by atoms with Crippen molar-refractivity contribution < 1.29 is 0 Å². The minimum atomic E-state index is 0.512. The van der Waals surface area contributed by atoms with Crippen LogP contribution in [0.1, 0.15) is 31.4 Å². The fourth-order valence-electron chi connectivity index (χ4n) is 2.66. The Bertz CT molecular complexity index is 521. The Labute approximate surface area is 102 Å². The molecule has 1 fully saturated rings. The van der Waals surface area contributed by atoms with E-state index in [1.807, 2.05) is 11.7 Å². The Hall–Kier alpha value is -1.35. The van der Waals surface area contributed by atoms with Gasteiger partial charge in [-0.1, -0.05) is 19.1 Å². The second-order valence-corrected chi connectivity index (χ2v) is 5.26. The Balaban J connectivity index is 1.89. The number of piperidine rings is 1. The van der Waals surface area contributed by atoms with Crippen LogP contribution in [-0.2, 0) is 7.05 Å². The van der Waals surface area contributed by atoms with Crippen LogP contribution in [0.4, 0.5) is 0 Å². The lowest BCUT2D eigenvalue weighted by Gasteiger charge is -2.28. The van der Waals surface area contributed by atoms with Gasteiger partial charge in [0, 0.05) is 24.7 Å². The molecular formula is C14H19N3. The average Bonchev–Trinajstić information content (AvgIpc) is 2.69. The summed E-state index contributed by atoms with van der Waals surface area (Å²) < 4.78 is 1.88. The summed E-state index contributed by atoms with van der Waals surface area (Å²) in [5.74, 6) is 0.810. The number of rotatable bonds is 1. The summed E-state index contributed by atoms with van der Waals surface area (Å²) in [7, 11) is 1.97. The van der Waals surface area contributed by atoms with E-state index in [2.05, 4.69) is 41.7 Å². The number of aromatic nitrogens is 2. The van der Waals surface area contributed by atoms with Gasteiger partial charge in [-0.15, -0.1) is 0 Å². The van der Waals surface area contributed by atoms with Crippen molar-refractivity contribution in [2.24, 2.45) is 13.0 Å². The van der Waals surface area contributed by atoms with Gasteiger partial charge in [-0.3, -0.25) is 4.68 Å². The summed E-state index contributed by atoms with van der Waals surface area (Å²) in [5, 5.41) is 9.32. The third-order valence-electron chi connectivity index (χ3n) is 3.71. The van der Waals surface area contributed by atoms with E-state index in [0.29, 0.717) is 6.04 Å². The van der Waals surface area contributed by atoms with Crippen LogP contribution >= 0.6 is 0 Å². The average molecular weight is 229 g/mol. The van der Waals surface area contributed by atoms with Gasteiger partial charge in [-0.2, -0.15) is 5.10 Å². The molecule has 2 unspecified atom stereocenters. The Morgan fingerprint density at radius 1 is 1.35 bits per heavy atom. The number of nitrogens with one attached hydrogen (secondary N) is 1. The van der Waals surface area contributed by atoms with Crippen LogP contribution in [0.5, 0.6) is 0 Å². The monoisotopic (exact) mass is 229 g/mol. The van der Waals surface area contributed by atoms with E-state index < -0.39 is 0 Å². The first kappa shape index (κ1) is 10.8. The SMILES string of the molecule is CC1CCC(c2ccc3cn(C)nc3c2)NC1. The maximum absolute atomic E-state index is 4.47. The molecule has 90 valence electrons. The predicted molar refractivity (Wildman–Crippen MR) is 69.9 cm³/mol. The number of hydrogen-bond donors (Lipinski definition) is 1. The van der Waals surface area contributed by atoms with Gasteiger partial charge in [-0.25, -0.2) is 0 Å². The van der Waals surface area contributed by atoms with Gasteiger partial charge in [-0.05, 0) is 36.9 Å². The maximum Gasteiger partial charge on any atom is 0.0926 e. The lowest BCUT2D eigenvalue weighted by atomic mass is 9.92. The third kappa shape index (κ3) is 2.07. The molecular weight excluding hydrogens is 210 g/mol. The van der Waals surface area contributed by atoms with Gasteiger partial charge in [0.15, 0.2) is 0 Å². The first-order chi connectivity index (χ1) is 8.22. The maximum atomic E-state index is 4.47. The zero-order valence-electron chi connectivity index (χ0n) is 10.5. The smallest absolute Gasteiger partial charge is 0.0926 e. The Morgan fingerprint density at radius 3 is 3.00 bits per heavy atom. The van der Waals surface area contributed by atoms with Crippen molar-refractivity contribution in [3.63, 3.8) is 0 Å². The fourth-order valence-corrected chi connectivity index (χ4v) is 2.66. The summed E-state index contributed by atoms with van der Waals surface area (Å²) in [6.45, 7) is 3.44. The largest absolute Gasteiger partial charge is 0.310 e. The normalized spacial score (nSPS) is 25.3. The van der Waals surface area contributed by atoms with Crippen molar-refractivity contribution in [3.8, 4) is 0 Å². The van der Waals surface area contributed by atoms with Crippen LogP contribution < -0.4 is 5.32 Å². The van der Waals surface area contributed by atoms with Gasteiger partial charge < -0.3 is 5.32 Å². The van der Waals surface area contributed by atoms with Crippen LogP contribution in [0, 0.1) is 5.92 Å². The van der Waals surface area contributed by atoms with E-state index in [1.165, 1.54) is 23.8 Å². The highest BCUT2D eigenvalue weighted by Gasteiger charge is 2.19. The zero-order chi connectivity index (χ0) is 11.8. The predicted octanol–water partition coefficient (Wildman–Crippen LogP) is 2.63. The molecule has 3 heteroatoms. The van der Waals surface area contributed by atoms with E-state index in [0.717, 1.165) is 18.0 Å². The second kappa shape index (κ2) is 4.15. The molecule has 0 radical (unpaired) electrons. The molecule has 0 bridgehead atoms. The standard InChI is InChI=1S/C14H19N3/c1-10-3-6-13(15-8-10)11-4-5-12-9-17(2)16-14(12)7-11/h4-5,7,9-10,13,15H,3,6,8H2,1-2H3. The molecule has 1 aliphatic heterocycles. The molecule has 3 rings (SSSR count). The highest BCUT2D eigenvalue weighted by atomic mass is 15.2. The molecule has 2 atom stereocenters. The molecule has 1 aromatic heterocycles. The van der Waals surface area contributed by atoms with Crippen LogP contribution in [0.25, 0.3) is 10.9 Å². The first-order valence-electron chi connectivity index (χ1n) is 6.39. The first-order valence-corrected chi connectivity index (χ1v) is 6.39. The Kier molecular flexibility index (Phi) is 2.63. The topological polar surface area (TPSA) is 29.9 Å². The van der Waals surface area contributed by atoms with Crippen LogP contribution in [0.15, 0.2) is 24.4 Å². The van der Waals surface area contributed by atoms with E-state index in [1.54, 1.807) is 0 Å². The lowest BCUT2D eigenvalue weighted by Crippen LogP contribution is -2.31. The minimum Gasteiger partial charge on any atom is -0.310 e. The number of aryl methyl sites for hydroxylation is 1. The van der Waals surface area contributed by atoms with Crippen molar-refractivity contribution in [3.05, 3.63) is 30.0 Å². The van der Waals surface area contributed by atoms with Crippen molar-refractivity contribution in [1.29, 1.82) is 0 Å². The van der Waals surface area contributed by atoms with Gasteiger partial charge in [0.05, 0.1) is 5.52 Å². The fraction of sp³-hybridized carbons (Fsp3) is 0.500. The second-order valence-electron chi connectivity index (χ2n) is 5.26. The Morgan fingerprint density at radius 2 is 2.24 bits per heavy atom. The highest BCUT2D eigenvalue weighted by molar-refractivity contribution is 5.78. The summed E-state index contributed by atoms with van der Waals surface area (Å²) in [6, 6.07) is 7.15. The van der Waals surface area contributed by atoms with Gasteiger partial charge in [0.1, 0.15) is 0 Å².